The highest BCUT2D eigenvalue weighted by Crippen LogP contribution is 2.43. The van der Waals surface area contributed by atoms with E-state index >= 15 is 0 Å². The van der Waals surface area contributed by atoms with E-state index in [4.69, 9.17) is 0 Å². The molecule has 0 atom stereocenters. The van der Waals surface area contributed by atoms with Crippen molar-refractivity contribution in [2.45, 2.75) is 52.4 Å². The molecule has 1 saturated carbocycles. The number of aliphatic imine (C=N–C) groups is 1. The molecule has 1 aromatic carbocycles. The van der Waals surface area contributed by atoms with E-state index in [0.717, 1.165) is 35.4 Å². The molecular formula is C16H20N2. The SMILES string of the molecule is CCCC(C)=Nc1ccc(C2CC2)c(C#N)c1C. The second kappa shape index (κ2) is 5.35. The molecule has 1 aliphatic carbocycles. The standard InChI is InChI=1S/C16H20N2/c1-4-5-11(2)18-16-9-8-14(13-6-7-13)15(10-17)12(16)3/h8-9,13H,4-7H2,1-3H3. The van der Waals surface area contributed by atoms with Gasteiger partial charge in [-0.2, -0.15) is 5.26 Å². The molecule has 1 aliphatic rings. The minimum Gasteiger partial charge on any atom is -0.258 e. The molecule has 0 unspecified atom stereocenters. The summed E-state index contributed by atoms with van der Waals surface area (Å²) in [7, 11) is 0. The average molecular weight is 240 g/mol. The fraction of sp³-hybridized carbons (Fsp3) is 0.500. The molecule has 2 rings (SSSR count). The van der Waals surface area contributed by atoms with Crippen LogP contribution in [-0.4, -0.2) is 5.71 Å². The molecule has 0 aromatic heterocycles. The minimum atomic E-state index is 0.619. The Morgan fingerprint density at radius 2 is 2.17 bits per heavy atom. The molecule has 0 N–H and O–H groups in total. The summed E-state index contributed by atoms with van der Waals surface area (Å²) in [4.78, 5) is 4.64. The van der Waals surface area contributed by atoms with Gasteiger partial charge in [-0.1, -0.05) is 19.4 Å². The lowest BCUT2D eigenvalue weighted by Gasteiger charge is -2.09. The van der Waals surface area contributed by atoms with Crippen molar-refractivity contribution in [3.63, 3.8) is 0 Å². The van der Waals surface area contributed by atoms with Crippen LogP contribution in [0, 0.1) is 18.3 Å². The van der Waals surface area contributed by atoms with Gasteiger partial charge in [0, 0.05) is 5.71 Å². The molecule has 0 spiro atoms. The van der Waals surface area contributed by atoms with Crippen LogP contribution in [-0.2, 0) is 0 Å². The van der Waals surface area contributed by atoms with Crippen molar-refractivity contribution in [1.29, 1.82) is 5.26 Å². The Morgan fingerprint density at radius 3 is 2.72 bits per heavy atom. The van der Waals surface area contributed by atoms with Crippen LogP contribution < -0.4 is 0 Å². The number of rotatable bonds is 4. The molecule has 0 bridgehead atoms. The number of hydrogen-bond acceptors (Lipinski definition) is 2. The fourth-order valence-electron chi connectivity index (χ4n) is 2.35. The van der Waals surface area contributed by atoms with Crippen LogP contribution in [0.15, 0.2) is 17.1 Å². The van der Waals surface area contributed by atoms with Crippen molar-refractivity contribution < 1.29 is 0 Å². The Kier molecular flexibility index (Phi) is 3.81. The lowest BCUT2D eigenvalue weighted by atomic mass is 9.98. The van der Waals surface area contributed by atoms with Gasteiger partial charge in [0.1, 0.15) is 0 Å². The molecule has 2 heteroatoms. The highest BCUT2D eigenvalue weighted by molar-refractivity contribution is 5.85. The molecule has 1 fully saturated rings. The van der Waals surface area contributed by atoms with E-state index < -0.39 is 0 Å². The molecule has 0 radical (unpaired) electrons. The number of nitriles is 1. The quantitative estimate of drug-likeness (QED) is 0.706. The second-order valence-electron chi connectivity index (χ2n) is 5.16. The van der Waals surface area contributed by atoms with Gasteiger partial charge in [0.05, 0.1) is 17.3 Å². The Labute approximate surface area is 109 Å². The van der Waals surface area contributed by atoms with E-state index in [2.05, 4.69) is 37.0 Å². The van der Waals surface area contributed by atoms with Crippen LogP contribution >= 0.6 is 0 Å². The summed E-state index contributed by atoms with van der Waals surface area (Å²) in [6.45, 7) is 6.23. The molecular weight excluding hydrogens is 220 g/mol. The van der Waals surface area contributed by atoms with Crippen molar-refractivity contribution in [2.24, 2.45) is 4.99 Å². The summed E-state index contributed by atoms with van der Waals surface area (Å²) >= 11 is 0. The van der Waals surface area contributed by atoms with Crippen LogP contribution in [0.2, 0.25) is 0 Å². The average Bonchev–Trinajstić information content (AvgIpc) is 3.16. The lowest BCUT2D eigenvalue weighted by molar-refractivity contribution is 0.987. The maximum atomic E-state index is 9.34. The van der Waals surface area contributed by atoms with E-state index in [9.17, 15) is 5.26 Å². The smallest absolute Gasteiger partial charge is 0.0998 e. The first-order chi connectivity index (χ1) is 8.67. The summed E-state index contributed by atoms with van der Waals surface area (Å²) in [5.41, 5.74) is 5.22. The van der Waals surface area contributed by atoms with E-state index in [1.165, 1.54) is 18.4 Å². The van der Waals surface area contributed by atoms with Gasteiger partial charge < -0.3 is 0 Å². The molecule has 0 heterocycles. The third-order valence-corrected chi connectivity index (χ3v) is 3.52. The van der Waals surface area contributed by atoms with Gasteiger partial charge in [0.15, 0.2) is 0 Å². The fourth-order valence-corrected chi connectivity index (χ4v) is 2.35. The van der Waals surface area contributed by atoms with Crippen molar-refractivity contribution in [1.82, 2.24) is 0 Å². The molecule has 0 aliphatic heterocycles. The molecule has 94 valence electrons. The summed E-state index contributed by atoms with van der Waals surface area (Å²) < 4.78 is 0. The van der Waals surface area contributed by atoms with Gasteiger partial charge in [0.25, 0.3) is 0 Å². The van der Waals surface area contributed by atoms with Gasteiger partial charge in [-0.3, -0.25) is 4.99 Å². The topological polar surface area (TPSA) is 36.1 Å². The maximum Gasteiger partial charge on any atom is 0.0998 e. The highest BCUT2D eigenvalue weighted by Gasteiger charge is 2.27. The van der Waals surface area contributed by atoms with Crippen molar-refractivity contribution in [3.05, 3.63) is 28.8 Å². The van der Waals surface area contributed by atoms with Crippen LogP contribution in [0.5, 0.6) is 0 Å². The van der Waals surface area contributed by atoms with Crippen LogP contribution in [0.1, 0.15) is 62.1 Å². The second-order valence-corrected chi connectivity index (χ2v) is 5.16. The van der Waals surface area contributed by atoms with Crippen LogP contribution in [0.25, 0.3) is 0 Å². The summed E-state index contributed by atoms with van der Waals surface area (Å²) in [6, 6.07) is 6.53. The summed E-state index contributed by atoms with van der Waals surface area (Å²) in [6.07, 6.45) is 4.59. The number of hydrogen-bond donors (Lipinski definition) is 0. The number of nitrogens with zero attached hydrogens (tertiary/aromatic N) is 2. The van der Waals surface area contributed by atoms with E-state index in [1.54, 1.807) is 0 Å². The van der Waals surface area contributed by atoms with Crippen molar-refractivity contribution >= 4 is 11.4 Å². The van der Waals surface area contributed by atoms with E-state index in [0.29, 0.717) is 5.92 Å². The van der Waals surface area contributed by atoms with Gasteiger partial charge >= 0.3 is 0 Å². The zero-order valence-corrected chi connectivity index (χ0v) is 11.5. The van der Waals surface area contributed by atoms with Gasteiger partial charge in [-0.05, 0) is 56.2 Å². The minimum absolute atomic E-state index is 0.619. The zero-order valence-electron chi connectivity index (χ0n) is 11.5. The maximum absolute atomic E-state index is 9.34. The summed E-state index contributed by atoms with van der Waals surface area (Å²) in [5, 5.41) is 9.34. The first-order valence-corrected chi connectivity index (χ1v) is 6.75. The van der Waals surface area contributed by atoms with Crippen molar-refractivity contribution in [2.75, 3.05) is 0 Å². The molecule has 0 saturated heterocycles. The lowest BCUT2D eigenvalue weighted by Crippen LogP contribution is -1.94. The number of benzene rings is 1. The molecule has 18 heavy (non-hydrogen) atoms. The summed E-state index contributed by atoms with van der Waals surface area (Å²) in [5.74, 6) is 0.619. The van der Waals surface area contributed by atoms with Gasteiger partial charge in [-0.25, -0.2) is 0 Å². The monoisotopic (exact) mass is 240 g/mol. The first kappa shape index (κ1) is 12.8. The third-order valence-electron chi connectivity index (χ3n) is 3.52. The van der Waals surface area contributed by atoms with Gasteiger partial charge in [-0.15, -0.1) is 0 Å². The largest absolute Gasteiger partial charge is 0.258 e. The Morgan fingerprint density at radius 1 is 1.44 bits per heavy atom. The van der Waals surface area contributed by atoms with Crippen molar-refractivity contribution in [3.8, 4) is 6.07 Å². The normalized spacial score (nSPS) is 15.6. The first-order valence-electron chi connectivity index (χ1n) is 6.75. The van der Waals surface area contributed by atoms with Crippen LogP contribution in [0.4, 0.5) is 5.69 Å². The Bertz CT molecular complexity index is 517. The molecule has 1 aromatic rings. The van der Waals surface area contributed by atoms with Crippen LogP contribution in [0.3, 0.4) is 0 Å². The van der Waals surface area contributed by atoms with E-state index in [-0.39, 0.29) is 0 Å². The predicted octanol–water partition coefficient (Wildman–Crippen LogP) is 4.64. The molecule has 2 nitrogen and oxygen atoms in total. The molecule has 0 amide bonds. The Balaban J connectivity index is 2.39. The third kappa shape index (κ3) is 2.61. The Hall–Kier alpha value is -1.62. The highest BCUT2D eigenvalue weighted by atomic mass is 14.7. The zero-order chi connectivity index (χ0) is 13.1. The van der Waals surface area contributed by atoms with E-state index in [1.807, 2.05) is 6.92 Å². The predicted molar refractivity (Wildman–Crippen MR) is 75.5 cm³/mol. The van der Waals surface area contributed by atoms with Gasteiger partial charge in [0.2, 0.25) is 0 Å².